The maximum absolute atomic E-state index is 10.7. The molecule has 0 aliphatic rings. The molecule has 0 radical (unpaired) electrons. The lowest BCUT2D eigenvalue weighted by atomic mass is 10.3. The van der Waals surface area contributed by atoms with Crippen LogP contribution in [0.25, 0.3) is 0 Å². The molecule has 0 saturated heterocycles. The van der Waals surface area contributed by atoms with E-state index < -0.39 is 17.9 Å². The molecule has 0 saturated carbocycles. The molecule has 0 aliphatic heterocycles. The van der Waals surface area contributed by atoms with Crippen LogP contribution < -0.4 is 11.1 Å². The Morgan fingerprint density at radius 1 is 1.60 bits per heavy atom. The lowest BCUT2D eigenvalue weighted by Crippen LogP contribution is -2.32. The highest BCUT2D eigenvalue weighted by Gasteiger charge is 2.11. The van der Waals surface area contributed by atoms with Crippen molar-refractivity contribution in [2.45, 2.75) is 13.0 Å². The number of aromatic nitrogens is 2. The van der Waals surface area contributed by atoms with Crippen LogP contribution in [0.15, 0.2) is 12.3 Å². The van der Waals surface area contributed by atoms with Gasteiger partial charge in [0.2, 0.25) is 11.7 Å². The first-order valence-electron chi connectivity index (χ1n) is 4.13. The molecule has 4 N–H and O–H groups in total. The van der Waals surface area contributed by atoms with Crippen LogP contribution in [0.5, 0.6) is 0 Å². The molecule has 1 rings (SSSR count). The topological polar surface area (TPSA) is 118 Å². The first-order valence-corrected chi connectivity index (χ1v) is 4.13. The number of amides is 1. The predicted octanol–water partition coefficient (Wildman–Crippen LogP) is -0.540. The van der Waals surface area contributed by atoms with Crippen LogP contribution in [0.2, 0.25) is 0 Å². The number of carbonyl (C=O) groups excluding carboxylic acids is 1. The normalized spacial score (nSPS) is 11.8. The van der Waals surface area contributed by atoms with E-state index in [0.29, 0.717) is 0 Å². The van der Waals surface area contributed by atoms with Crippen LogP contribution in [0, 0.1) is 0 Å². The van der Waals surface area contributed by atoms with Crippen molar-refractivity contribution < 1.29 is 14.7 Å². The molecule has 1 amide bonds. The van der Waals surface area contributed by atoms with Gasteiger partial charge in [0.1, 0.15) is 11.9 Å². The van der Waals surface area contributed by atoms with Crippen molar-refractivity contribution in [2.75, 3.05) is 5.32 Å². The molecule has 1 atom stereocenters. The van der Waals surface area contributed by atoms with E-state index in [0.717, 1.165) is 0 Å². The first-order chi connectivity index (χ1) is 7.00. The number of carboxylic acids is 1. The van der Waals surface area contributed by atoms with E-state index in [4.69, 9.17) is 10.8 Å². The van der Waals surface area contributed by atoms with Gasteiger partial charge in [-0.2, -0.15) is 0 Å². The zero-order valence-corrected chi connectivity index (χ0v) is 7.97. The maximum Gasteiger partial charge on any atom is 0.374 e. The molecule has 0 bridgehead atoms. The van der Waals surface area contributed by atoms with Crippen molar-refractivity contribution in [1.82, 2.24) is 9.97 Å². The van der Waals surface area contributed by atoms with Gasteiger partial charge < -0.3 is 16.2 Å². The minimum atomic E-state index is -1.23. The third kappa shape index (κ3) is 2.90. The van der Waals surface area contributed by atoms with Crippen LogP contribution in [-0.2, 0) is 4.79 Å². The van der Waals surface area contributed by atoms with Gasteiger partial charge in [0.05, 0.1) is 0 Å². The van der Waals surface area contributed by atoms with Gasteiger partial charge in [0.25, 0.3) is 0 Å². The second kappa shape index (κ2) is 4.36. The Balaban J connectivity index is 2.82. The van der Waals surface area contributed by atoms with Gasteiger partial charge in [-0.05, 0) is 13.0 Å². The molecular formula is C8H10N4O3. The molecule has 1 aromatic rings. The van der Waals surface area contributed by atoms with E-state index >= 15 is 0 Å². The summed E-state index contributed by atoms with van der Waals surface area (Å²) in [5, 5.41) is 11.3. The Labute approximate surface area is 85.3 Å². The number of anilines is 1. The lowest BCUT2D eigenvalue weighted by Gasteiger charge is -2.10. The molecule has 0 aliphatic carbocycles. The molecular weight excluding hydrogens is 200 g/mol. The van der Waals surface area contributed by atoms with Gasteiger partial charge in [0, 0.05) is 6.20 Å². The molecule has 0 unspecified atom stereocenters. The highest BCUT2D eigenvalue weighted by atomic mass is 16.4. The van der Waals surface area contributed by atoms with E-state index in [1.54, 1.807) is 6.92 Å². The van der Waals surface area contributed by atoms with Crippen molar-refractivity contribution in [2.24, 2.45) is 5.73 Å². The summed E-state index contributed by atoms with van der Waals surface area (Å²) >= 11 is 0. The lowest BCUT2D eigenvalue weighted by molar-refractivity contribution is -0.118. The Morgan fingerprint density at radius 3 is 2.80 bits per heavy atom. The van der Waals surface area contributed by atoms with Gasteiger partial charge in [-0.3, -0.25) is 4.79 Å². The Hall–Kier alpha value is -2.18. The maximum atomic E-state index is 10.7. The smallest absolute Gasteiger partial charge is 0.374 e. The average Bonchev–Trinajstić information content (AvgIpc) is 2.18. The summed E-state index contributed by atoms with van der Waals surface area (Å²) in [5.41, 5.74) is 5.02. The number of carboxylic acid groups (broad SMARTS) is 1. The molecule has 7 nitrogen and oxygen atoms in total. The van der Waals surface area contributed by atoms with E-state index in [1.807, 2.05) is 0 Å². The number of nitrogens with one attached hydrogen (secondary N) is 1. The number of hydrogen-bond acceptors (Lipinski definition) is 5. The van der Waals surface area contributed by atoms with Gasteiger partial charge >= 0.3 is 5.97 Å². The largest absolute Gasteiger partial charge is 0.475 e. The second-order valence-corrected chi connectivity index (χ2v) is 2.84. The number of nitrogens with two attached hydrogens (primary N) is 1. The predicted molar refractivity (Wildman–Crippen MR) is 51.3 cm³/mol. The fourth-order valence-electron chi connectivity index (χ4n) is 0.835. The number of nitrogens with zero attached hydrogens (tertiary/aromatic N) is 2. The van der Waals surface area contributed by atoms with E-state index in [2.05, 4.69) is 15.3 Å². The van der Waals surface area contributed by atoms with Crippen LogP contribution >= 0.6 is 0 Å². The van der Waals surface area contributed by atoms with Crippen LogP contribution in [-0.4, -0.2) is 33.0 Å². The molecule has 1 aromatic heterocycles. The van der Waals surface area contributed by atoms with E-state index in [9.17, 15) is 9.59 Å². The van der Waals surface area contributed by atoms with E-state index in [1.165, 1.54) is 12.3 Å². The number of carbonyl (C=O) groups is 2. The summed E-state index contributed by atoms with van der Waals surface area (Å²) in [4.78, 5) is 28.4. The summed E-state index contributed by atoms with van der Waals surface area (Å²) in [7, 11) is 0. The monoisotopic (exact) mass is 210 g/mol. The van der Waals surface area contributed by atoms with Crippen LogP contribution in [0.1, 0.15) is 17.5 Å². The number of aromatic carboxylic acids is 1. The SMILES string of the molecule is C[C@@H](Nc1ccnc(C(=O)O)n1)C(N)=O. The molecule has 7 heteroatoms. The Bertz CT molecular complexity index is 393. The summed E-state index contributed by atoms with van der Waals surface area (Å²) in [6, 6.07) is 0.827. The summed E-state index contributed by atoms with van der Waals surface area (Å²) in [6.07, 6.45) is 1.28. The minimum Gasteiger partial charge on any atom is -0.475 e. The van der Waals surface area contributed by atoms with Crippen molar-refractivity contribution in [3.05, 3.63) is 18.1 Å². The molecule has 15 heavy (non-hydrogen) atoms. The fraction of sp³-hybridized carbons (Fsp3) is 0.250. The summed E-state index contributed by atoms with van der Waals surface area (Å²) < 4.78 is 0. The molecule has 80 valence electrons. The van der Waals surface area contributed by atoms with Crippen molar-refractivity contribution in [3.8, 4) is 0 Å². The molecule has 0 spiro atoms. The van der Waals surface area contributed by atoms with Crippen LogP contribution in [0.4, 0.5) is 5.82 Å². The first kappa shape index (κ1) is 10.9. The highest BCUT2D eigenvalue weighted by molar-refractivity contribution is 5.84. The van der Waals surface area contributed by atoms with E-state index in [-0.39, 0.29) is 11.6 Å². The molecule has 1 heterocycles. The summed E-state index contributed by atoms with van der Waals surface area (Å²) in [5.74, 6) is -1.87. The van der Waals surface area contributed by atoms with Crippen molar-refractivity contribution in [1.29, 1.82) is 0 Å². The van der Waals surface area contributed by atoms with Crippen molar-refractivity contribution in [3.63, 3.8) is 0 Å². The summed E-state index contributed by atoms with van der Waals surface area (Å²) in [6.45, 7) is 1.55. The van der Waals surface area contributed by atoms with Gasteiger partial charge in [-0.25, -0.2) is 14.8 Å². The van der Waals surface area contributed by atoms with Gasteiger partial charge in [-0.15, -0.1) is 0 Å². The third-order valence-electron chi connectivity index (χ3n) is 1.64. The Kier molecular flexibility index (Phi) is 3.17. The highest BCUT2D eigenvalue weighted by Crippen LogP contribution is 2.03. The number of hydrogen-bond donors (Lipinski definition) is 3. The zero-order chi connectivity index (χ0) is 11.4. The van der Waals surface area contributed by atoms with Gasteiger partial charge in [-0.1, -0.05) is 0 Å². The zero-order valence-electron chi connectivity index (χ0n) is 7.97. The Morgan fingerprint density at radius 2 is 2.27 bits per heavy atom. The second-order valence-electron chi connectivity index (χ2n) is 2.84. The van der Waals surface area contributed by atoms with Crippen molar-refractivity contribution >= 4 is 17.7 Å². The number of rotatable bonds is 4. The third-order valence-corrected chi connectivity index (χ3v) is 1.64. The molecule has 0 fully saturated rings. The van der Waals surface area contributed by atoms with Gasteiger partial charge in [0.15, 0.2) is 0 Å². The standard InChI is InChI=1S/C8H10N4O3/c1-4(6(9)13)11-5-2-3-10-7(12-5)8(14)15/h2-4H,1H3,(H2,9,13)(H,14,15)(H,10,11,12)/t4-/m1/s1. The quantitative estimate of drug-likeness (QED) is 0.614. The number of primary amides is 1. The molecule has 0 aromatic carbocycles. The van der Waals surface area contributed by atoms with Crippen LogP contribution in [0.3, 0.4) is 0 Å². The average molecular weight is 210 g/mol. The fourth-order valence-corrected chi connectivity index (χ4v) is 0.835. The minimum absolute atomic E-state index is 0.244.